The van der Waals surface area contributed by atoms with Crippen LogP contribution in [-0.2, 0) is 9.47 Å². The Bertz CT molecular complexity index is 171. The van der Waals surface area contributed by atoms with Crippen LogP contribution in [0.25, 0.3) is 0 Å². The second kappa shape index (κ2) is 5.83. The van der Waals surface area contributed by atoms with Crippen LogP contribution in [0.15, 0.2) is 0 Å². The molecule has 0 aromatic heterocycles. The van der Waals surface area contributed by atoms with Gasteiger partial charge in [0.05, 0.1) is 19.3 Å². The Morgan fingerprint density at radius 3 is 2.67 bits per heavy atom. The molecular weight excluding hydrogens is 190 g/mol. The maximum absolute atomic E-state index is 5.86. The van der Waals surface area contributed by atoms with Crippen LogP contribution in [0.4, 0.5) is 0 Å². The zero-order valence-corrected chi connectivity index (χ0v) is 10.5. The smallest absolute Gasteiger partial charge is 0.0831 e. The topological polar surface area (TPSA) is 30.5 Å². The van der Waals surface area contributed by atoms with Crippen molar-refractivity contribution < 1.29 is 9.47 Å². The molecule has 1 aliphatic rings. The summed E-state index contributed by atoms with van der Waals surface area (Å²) in [6.45, 7) is 12.3. The van der Waals surface area contributed by atoms with E-state index in [1.807, 2.05) is 0 Å². The first-order chi connectivity index (χ1) is 7.04. The Morgan fingerprint density at radius 2 is 2.20 bits per heavy atom. The monoisotopic (exact) mass is 215 g/mol. The van der Waals surface area contributed by atoms with Gasteiger partial charge in [0.25, 0.3) is 0 Å². The van der Waals surface area contributed by atoms with Gasteiger partial charge in [0, 0.05) is 12.6 Å². The molecule has 1 rings (SSSR count). The van der Waals surface area contributed by atoms with Crippen molar-refractivity contribution in [1.82, 2.24) is 5.32 Å². The molecule has 1 fully saturated rings. The summed E-state index contributed by atoms with van der Waals surface area (Å²) in [5, 5.41) is 3.48. The van der Waals surface area contributed by atoms with Gasteiger partial charge in [0.2, 0.25) is 0 Å². The second-order valence-corrected chi connectivity index (χ2v) is 5.30. The molecule has 0 saturated carbocycles. The van der Waals surface area contributed by atoms with E-state index in [2.05, 4.69) is 33.0 Å². The van der Waals surface area contributed by atoms with E-state index >= 15 is 0 Å². The molecule has 0 aromatic rings. The maximum Gasteiger partial charge on any atom is 0.0831 e. The lowest BCUT2D eigenvalue weighted by Crippen LogP contribution is -2.44. The lowest BCUT2D eigenvalue weighted by Gasteiger charge is -2.32. The average molecular weight is 215 g/mol. The van der Waals surface area contributed by atoms with Crippen LogP contribution in [0.5, 0.6) is 0 Å². The highest BCUT2D eigenvalue weighted by molar-refractivity contribution is 4.80. The van der Waals surface area contributed by atoms with Gasteiger partial charge in [-0.3, -0.25) is 0 Å². The van der Waals surface area contributed by atoms with Gasteiger partial charge in [-0.05, 0) is 18.4 Å². The predicted molar refractivity (Wildman–Crippen MR) is 62.1 cm³/mol. The van der Waals surface area contributed by atoms with E-state index in [0.29, 0.717) is 12.1 Å². The number of nitrogens with one attached hydrogen (secondary N) is 1. The van der Waals surface area contributed by atoms with Gasteiger partial charge in [0.1, 0.15) is 0 Å². The van der Waals surface area contributed by atoms with E-state index in [4.69, 9.17) is 9.47 Å². The Balaban J connectivity index is 2.30. The van der Waals surface area contributed by atoms with E-state index < -0.39 is 0 Å². The highest BCUT2D eigenvalue weighted by Crippen LogP contribution is 2.20. The summed E-state index contributed by atoms with van der Waals surface area (Å²) >= 11 is 0. The summed E-state index contributed by atoms with van der Waals surface area (Å²) in [6, 6.07) is 0.420. The molecule has 90 valence electrons. The Labute approximate surface area is 93.5 Å². The maximum atomic E-state index is 5.86. The van der Waals surface area contributed by atoms with Crippen molar-refractivity contribution >= 4 is 0 Å². The summed E-state index contributed by atoms with van der Waals surface area (Å²) in [6.07, 6.45) is 1.36. The fourth-order valence-electron chi connectivity index (χ4n) is 1.74. The molecule has 3 nitrogen and oxygen atoms in total. The lowest BCUT2D eigenvalue weighted by atomic mass is 9.87. The highest BCUT2D eigenvalue weighted by atomic mass is 16.5. The zero-order valence-electron chi connectivity index (χ0n) is 10.5. The average Bonchev–Trinajstić information content (AvgIpc) is 2.62. The molecule has 2 unspecified atom stereocenters. The largest absolute Gasteiger partial charge is 0.379 e. The van der Waals surface area contributed by atoms with Crippen molar-refractivity contribution in [2.24, 2.45) is 5.41 Å². The standard InChI is InChI=1S/C12H25NO2/c1-5-13-11(12(2,3)4)9-15-10-6-7-14-8-10/h10-11,13H,5-9H2,1-4H3. The molecule has 0 amide bonds. The number of hydrogen-bond donors (Lipinski definition) is 1. The van der Waals surface area contributed by atoms with Gasteiger partial charge in [-0.25, -0.2) is 0 Å². The molecule has 1 heterocycles. The van der Waals surface area contributed by atoms with E-state index in [1.54, 1.807) is 0 Å². The molecule has 0 radical (unpaired) electrons. The Hall–Kier alpha value is -0.120. The SMILES string of the molecule is CCNC(COC1CCOC1)C(C)(C)C. The van der Waals surface area contributed by atoms with Crippen LogP contribution in [-0.4, -0.2) is 38.5 Å². The molecule has 0 aromatic carbocycles. The summed E-state index contributed by atoms with van der Waals surface area (Å²) < 4.78 is 11.1. The molecule has 1 aliphatic heterocycles. The minimum absolute atomic E-state index is 0.246. The van der Waals surface area contributed by atoms with Crippen LogP contribution >= 0.6 is 0 Å². The molecule has 1 N–H and O–H groups in total. The molecular formula is C12H25NO2. The lowest BCUT2D eigenvalue weighted by molar-refractivity contribution is 0.0119. The summed E-state index contributed by atoms with van der Waals surface area (Å²) in [7, 11) is 0. The van der Waals surface area contributed by atoms with Gasteiger partial charge >= 0.3 is 0 Å². The minimum Gasteiger partial charge on any atom is -0.379 e. The van der Waals surface area contributed by atoms with Crippen LogP contribution in [0.3, 0.4) is 0 Å². The third-order valence-electron chi connectivity index (χ3n) is 2.88. The first-order valence-electron chi connectivity index (χ1n) is 5.96. The van der Waals surface area contributed by atoms with Crippen molar-refractivity contribution in [2.45, 2.75) is 46.3 Å². The van der Waals surface area contributed by atoms with Crippen LogP contribution in [0.1, 0.15) is 34.1 Å². The summed E-state index contributed by atoms with van der Waals surface area (Å²) in [5.74, 6) is 0. The first kappa shape index (κ1) is 12.9. The molecule has 15 heavy (non-hydrogen) atoms. The first-order valence-corrected chi connectivity index (χ1v) is 5.96. The highest BCUT2D eigenvalue weighted by Gasteiger charge is 2.26. The number of likely N-dealkylation sites (N-methyl/N-ethyl adjacent to an activating group) is 1. The van der Waals surface area contributed by atoms with Crippen LogP contribution in [0, 0.1) is 5.41 Å². The van der Waals surface area contributed by atoms with E-state index in [9.17, 15) is 0 Å². The third-order valence-corrected chi connectivity index (χ3v) is 2.88. The van der Waals surface area contributed by atoms with Crippen LogP contribution in [0.2, 0.25) is 0 Å². The van der Waals surface area contributed by atoms with Crippen molar-refractivity contribution in [3.05, 3.63) is 0 Å². The molecule has 3 heteroatoms. The van der Waals surface area contributed by atoms with E-state index in [0.717, 1.165) is 32.8 Å². The van der Waals surface area contributed by atoms with Crippen molar-refractivity contribution in [3.8, 4) is 0 Å². The fraction of sp³-hybridized carbons (Fsp3) is 1.00. The Kier molecular flexibility index (Phi) is 5.03. The van der Waals surface area contributed by atoms with Gasteiger partial charge in [-0.2, -0.15) is 0 Å². The van der Waals surface area contributed by atoms with Gasteiger partial charge in [0.15, 0.2) is 0 Å². The van der Waals surface area contributed by atoms with E-state index in [-0.39, 0.29) is 5.41 Å². The van der Waals surface area contributed by atoms with Crippen molar-refractivity contribution in [2.75, 3.05) is 26.4 Å². The Morgan fingerprint density at radius 1 is 1.47 bits per heavy atom. The molecule has 0 aliphatic carbocycles. The van der Waals surface area contributed by atoms with Crippen molar-refractivity contribution in [1.29, 1.82) is 0 Å². The summed E-state index contributed by atoms with van der Waals surface area (Å²) in [4.78, 5) is 0. The van der Waals surface area contributed by atoms with Gasteiger partial charge in [-0.15, -0.1) is 0 Å². The second-order valence-electron chi connectivity index (χ2n) is 5.30. The number of ether oxygens (including phenoxy) is 2. The van der Waals surface area contributed by atoms with Gasteiger partial charge in [-0.1, -0.05) is 27.7 Å². The normalized spacial score (nSPS) is 24.4. The zero-order chi connectivity index (χ0) is 11.3. The fourth-order valence-corrected chi connectivity index (χ4v) is 1.74. The quantitative estimate of drug-likeness (QED) is 0.759. The summed E-state index contributed by atoms with van der Waals surface area (Å²) in [5.41, 5.74) is 0.246. The third kappa shape index (κ3) is 4.49. The minimum atomic E-state index is 0.246. The predicted octanol–water partition coefficient (Wildman–Crippen LogP) is 1.82. The van der Waals surface area contributed by atoms with E-state index in [1.165, 1.54) is 0 Å². The molecule has 0 spiro atoms. The van der Waals surface area contributed by atoms with Crippen molar-refractivity contribution in [3.63, 3.8) is 0 Å². The number of hydrogen-bond acceptors (Lipinski definition) is 3. The molecule has 2 atom stereocenters. The number of rotatable bonds is 5. The van der Waals surface area contributed by atoms with Crippen LogP contribution < -0.4 is 5.32 Å². The molecule has 1 saturated heterocycles. The molecule has 0 bridgehead atoms. The van der Waals surface area contributed by atoms with Gasteiger partial charge < -0.3 is 14.8 Å².